The van der Waals surface area contributed by atoms with Gasteiger partial charge in [0.1, 0.15) is 11.1 Å². The number of anilines is 1. The van der Waals surface area contributed by atoms with Gasteiger partial charge in [-0.05, 0) is 36.1 Å². The van der Waals surface area contributed by atoms with Gasteiger partial charge in [0.2, 0.25) is 5.91 Å². The molecule has 29 heavy (non-hydrogen) atoms. The van der Waals surface area contributed by atoms with E-state index in [1.807, 2.05) is 13.0 Å². The molecule has 0 aliphatic carbocycles. The molecule has 0 atom stereocenters. The van der Waals surface area contributed by atoms with Crippen LogP contribution in [-0.2, 0) is 22.5 Å². The number of hydrogen-bond acceptors (Lipinski definition) is 6. The highest BCUT2D eigenvalue weighted by Gasteiger charge is 2.28. The van der Waals surface area contributed by atoms with Crippen molar-refractivity contribution >= 4 is 34.4 Å². The standard InChI is InChI=1S/C21H22N4O3S/c1-2-3-11-28-21(27)25-10-8-16-17(12-22)20(29-18(16)14-25)24-19(26)7-6-15-5-4-9-23-13-15/h4-7,9,13H,2-3,8,10-11,14H2,1H3,(H,24,26)/b7-6+. The first-order valence-corrected chi connectivity index (χ1v) is 10.3. The van der Waals surface area contributed by atoms with Crippen LogP contribution in [0.2, 0.25) is 0 Å². The molecular formula is C21H22N4O3S. The van der Waals surface area contributed by atoms with E-state index in [9.17, 15) is 14.9 Å². The predicted octanol–water partition coefficient (Wildman–Crippen LogP) is 3.96. The number of carbonyl (C=O) groups excluding carboxylic acids is 2. The number of nitriles is 1. The van der Waals surface area contributed by atoms with E-state index in [2.05, 4.69) is 16.4 Å². The molecule has 0 saturated heterocycles. The number of pyridine rings is 1. The first kappa shape index (κ1) is 20.6. The lowest BCUT2D eigenvalue weighted by Gasteiger charge is -2.26. The zero-order valence-electron chi connectivity index (χ0n) is 16.2. The molecule has 2 aromatic heterocycles. The summed E-state index contributed by atoms with van der Waals surface area (Å²) in [6.07, 6.45) is 8.43. The van der Waals surface area contributed by atoms with E-state index >= 15 is 0 Å². The molecule has 2 amide bonds. The molecule has 8 heteroatoms. The Morgan fingerprint density at radius 3 is 3.07 bits per heavy atom. The highest BCUT2D eigenvalue weighted by molar-refractivity contribution is 7.16. The smallest absolute Gasteiger partial charge is 0.410 e. The van der Waals surface area contributed by atoms with Crippen molar-refractivity contribution in [1.82, 2.24) is 9.88 Å². The molecule has 150 valence electrons. The van der Waals surface area contributed by atoms with E-state index in [-0.39, 0.29) is 12.0 Å². The number of nitrogens with one attached hydrogen (secondary N) is 1. The number of ether oxygens (including phenoxy) is 1. The molecule has 0 aromatic carbocycles. The van der Waals surface area contributed by atoms with Crippen molar-refractivity contribution in [3.05, 3.63) is 52.2 Å². The molecule has 0 spiro atoms. The lowest BCUT2D eigenvalue weighted by Crippen LogP contribution is -2.36. The highest BCUT2D eigenvalue weighted by atomic mass is 32.1. The number of hydrogen-bond donors (Lipinski definition) is 1. The largest absolute Gasteiger partial charge is 0.449 e. The Labute approximate surface area is 173 Å². The number of fused-ring (bicyclic) bond motifs is 1. The average molecular weight is 410 g/mol. The maximum absolute atomic E-state index is 12.3. The van der Waals surface area contributed by atoms with Gasteiger partial charge in [0, 0.05) is 29.9 Å². The maximum Gasteiger partial charge on any atom is 0.410 e. The van der Waals surface area contributed by atoms with Gasteiger partial charge in [-0.15, -0.1) is 11.3 Å². The SMILES string of the molecule is CCCCOC(=O)N1CCc2c(sc(NC(=O)/C=C/c3cccnc3)c2C#N)C1. The summed E-state index contributed by atoms with van der Waals surface area (Å²) in [6, 6.07) is 5.83. The van der Waals surface area contributed by atoms with Crippen LogP contribution in [-0.4, -0.2) is 35.0 Å². The van der Waals surface area contributed by atoms with Crippen molar-refractivity contribution in [3.8, 4) is 6.07 Å². The summed E-state index contributed by atoms with van der Waals surface area (Å²) in [5.41, 5.74) is 2.19. The monoisotopic (exact) mass is 410 g/mol. The number of thiophene rings is 1. The van der Waals surface area contributed by atoms with Gasteiger partial charge in [0.25, 0.3) is 0 Å². The van der Waals surface area contributed by atoms with Crippen LogP contribution in [0, 0.1) is 11.3 Å². The summed E-state index contributed by atoms with van der Waals surface area (Å²) in [5.74, 6) is -0.320. The normalized spacial score (nSPS) is 13.0. The third kappa shape index (κ3) is 5.21. The van der Waals surface area contributed by atoms with Gasteiger partial charge in [-0.2, -0.15) is 5.26 Å². The molecule has 0 radical (unpaired) electrons. The third-order valence-corrected chi connectivity index (χ3v) is 5.63. The molecule has 0 saturated carbocycles. The van der Waals surface area contributed by atoms with E-state index in [0.717, 1.165) is 28.8 Å². The molecule has 0 fully saturated rings. The van der Waals surface area contributed by atoms with E-state index in [1.54, 1.807) is 29.4 Å². The zero-order chi connectivity index (χ0) is 20.6. The van der Waals surface area contributed by atoms with Crippen molar-refractivity contribution < 1.29 is 14.3 Å². The molecule has 1 N–H and O–H groups in total. The first-order valence-electron chi connectivity index (χ1n) is 9.47. The van der Waals surface area contributed by atoms with Crippen LogP contribution in [0.5, 0.6) is 0 Å². The summed E-state index contributed by atoms with van der Waals surface area (Å²) in [5, 5.41) is 12.9. The Bertz CT molecular complexity index is 947. The Kier molecular flexibility index (Phi) is 6.98. The first-order chi connectivity index (χ1) is 14.1. The van der Waals surface area contributed by atoms with Gasteiger partial charge in [0.15, 0.2) is 0 Å². The summed E-state index contributed by atoms with van der Waals surface area (Å²) < 4.78 is 5.28. The topological polar surface area (TPSA) is 95.3 Å². The van der Waals surface area contributed by atoms with Crippen molar-refractivity contribution in [2.45, 2.75) is 32.7 Å². The molecule has 0 bridgehead atoms. The second-order valence-corrected chi connectivity index (χ2v) is 7.67. The van der Waals surface area contributed by atoms with Crippen LogP contribution in [0.15, 0.2) is 30.6 Å². The van der Waals surface area contributed by atoms with Crippen LogP contribution in [0.25, 0.3) is 6.08 Å². The zero-order valence-corrected chi connectivity index (χ0v) is 17.0. The minimum Gasteiger partial charge on any atom is -0.449 e. The van der Waals surface area contributed by atoms with Gasteiger partial charge in [0.05, 0.1) is 18.7 Å². The van der Waals surface area contributed by atoms with Crippen molar-refractivity contribution in [2.24, 2.45) is 0 Å². The van der Waals surface area contributed by atoms with E-state index < -0.39 is 0 Å². The third-order valence-electron chi connectivity index (χ3n) is 4.50. The van der Waals surface area contributed by atoms with Crippen LogP contribution in [0.1, 0.15) is 41.3 Å². The van der Waals surface area contributed by atoms with Gasteiger partial charge < -0.3 is 15.0 Å². The Morgan fingerprint density at radius 1 is 1.48 bits per heavy atom. The quantitative estimate of drug-likeness (QED) is 0.574. The number of unbranched alkanes of at least 4 members (excludes halogenated alkanes) is 1. The second-order valence-electron chi connectivity index (χ2n) is 6.57. The van der Waals surface area contributed by atoms with Crippen LogP contribution >= 0.6 is 11.3 Å². The van der Waals surface area contributed by atoms with Crippen molar-refractivity contribution in [2.75, 3.05) is 18.5 Å². The molecular weight excluding hydrogens is 388 g/mol. The van der Waals surface area contributed by atoms with Crippen molar-refractivity contribution in [1.29, 1.82) is 5.26 Å². The minimum atomic E-state index is -0.332. The number of aromatic nitrogens is 1. The van der Waals surface area contributed by atoms with Gasteiger partial charge >= 0.3 is 6.09 Å². The fourth-order valence-electron chi connectivity index (χ4n) is 2.96. The fraction of sp³-hybridized carbons (Fsp3) is 0.333. The average Bonchev–Trinajstić information content (AvgIpc) is 3.09. The van der Waals surface area contributed by atoms with Gasteiger partial charge in [-0.3, -0.25) is 9.78 Å². The molecule has 1 aliphatic rings. The lowest BCUT2D eigenvalue weighted by molar-refractivity contribution is -0.111. The molecule has 3 heterocycles. The molecule has 7 nitrogen and oxygen atoms in total. The molecule has 3 rings (SSSR count). The van der Waals surface area contributed by atoms with Gasteiger partial charge in [-0.1, -0.05) is 19.4 Å². The number of rotatable bonds is 6. The number of nitrogens with zero attached hydrogens (tertiary/aromatic N) is 3. The van der Waals surface area contributed by atoms with E-state index in [4.69, 9.17) is 4.74 Å². The minimum absolute atomic E-state index is 0.320. The van der Waals surface area contributed by atoms with Crippen LogP contribution in [0.4, 0.5) is 9.80 Å². The summed E-state index contributed by atoms with van der Waals surface area (Å²) in [4.78, 5) is 31.0. The second kappa shape index (κ2) is 9.85. The summed E-state index contributed by atoms with van der Waals surface area (Å²) in [6.45, 7) is 3.34. The van der Waals surface area contributed by atoms with E-state index in [1.165, 1.54) is 17.4 Å². The van der Waals surface area contributed by atoms with Crippen LogP contribution in [0.3, 0.4) is 0 Å². The van der Waals surface area contributed by atoms with Gasteiger partial charge in [-0.25, -0.2) is 4.79 Å². The summed E-state index contributed by atoms with van der Waals surface area (Å²) >= 11 is 1.34. The highest BCUT2D eigenvalue weighted by Crippen LogP contribution is 2.36. The number of amides is 2. The van der Waals surface area contributed by atoms with Crippen LogP contribution < -0.4 is 5.32 Å². The van der Waals surface area contributed by atoms with E-state index in [0.29, 0.717) is 36.7 Å². The molecule has 0 unspecified atom stereocenters. The Morgan fingerprint density at radius 2 is 2.34 bits per heavy atom. The van der Waals surface area contributed by atoms with Crippen molar-refractivity contribution in [3.63, 3.8) is 0 Å². The fourth-order valence-corrected chi connectivity index (χ4v) is 4.18. The maximum atomic E-state index is 12.3. The summed E-state index contributed by atoms with van der Waals surface area (Å²) in [7, 11) is 0. The molecule has 2 aromatic rings. The number of carbonyl (C=O) groups is 2. The Balaban J connectivity index is 1.68. The Hall–Kier alpha value is -3.18. The lowest BCUT2D eigenvalue weighted by atomic mass is 10.0. The predicted molar refractivity (Wildman–Crippen MR) is 111 cm³/mol. The molecule has 1 aliphatic heterocycles.